The van der Waals surface area contributed by atoms with E-state index in [1.807, 2.05) is 41.3 Å². The Morgan fingerprint density at radius 2 is 1.87 bits per heavy atom. The van der Waals surface area contributed by atoms with E-state index in [2.05, 4.69) is 9.88 Å². The summed E-state index contributed by atoms with van der Waals surface area (Å²) in [6.45, 7) is 2.14. The third kappa shape index (κ3) is 3.54. The van der Waals surface area contributed by atoms with Crippen LogP contribution in [-0.2, 0) is 16.0 Å². The largest absolute Gasteiger partial charge is 0.465 e. The highest BCUT2D eigenvalue weighted by atomic mass is 16.5. The number of amides is 1. The molecule has 0 radical (unpaired) electrons. The zero-order valence-electron chi connectivity index (χ0n) is 17.5. The molecule has 0 N–H and O–H groups in total. The number of carbonyl (C=O) groups is 2. The quantitative estimate of drug-likeness (QED) is 0.601. The second-order valence-corrected chi connectivity index (χ2v) is 8.11. The van der Waals surface area contributed by atoms with Crippen molar-refractivity contribution in [1.29, 1.82) is 0 Å². The molecule has 0 aliphatic carbocycles. The van der Waals surface area contributed by atoms with E-state index in [1.54, 1.807) is 6.07 Å². The van der Waals surface area contributed by atoms with Gasteiger partial charge in [-0.05, 0) is 55.5 Å². The fourth-order valence-corrected chi connectivity index (χ4v) is 4.69. The van der Waals surface area contributed by atoms with E-state index in [0.717, 1.165) is 61.1 Å². The molecule has 1 amide bonds. The van der Waals surface area contributed by atoms with Gasteiger partial charge in [0.05, 0.1) is 12.7 Å². The van der Waals surface area contributed by atoms with Gasteiger partial charge in [-0.15, -0.1) is 0 Å². The van der Waals surface area contributed by atoms with E-state index in [1.165, 1.54) is 7.11 Å². The zero-order chi connectivity index (χ0) is 21.4. The molecule has 3 aromatic rings. The fourth-order valence-electron chi connectivity index (χ4n) is 4.69. The average Bonchev–Trinajstić information content (AvgIpc) is 3.27. The van der Waals surface area contributed by atoms with Crippen LogP contribution in [0.5, 0.6) is 0 Å². The van der Waals surface area contributed by atoms with Crippen molar-refractivity contribution >= 4 is 34.7 Å². The van der Waals surface area contributed by atoms with Gasteiger partial charge in [-0.1, -0.05) is 18.2 Å². The van der Waals surface area contributed by atoms with Crippen molar-refractivity contribution in [2.75, 3.05) is 36.5 Å². The van der Waals surface area contributed by atoms with Gasteiger partial charge in [0.15, 0.2) is 5.58 Å². The lowest BCUT2D eigenvalue weighted by molar-refractivity contribution is -0.123. The number of rotatable bonds is 3. The molecule has 0 bridgehead atoms. The molecule has 31 heavy (non-hydrogen) atoms. The van der Waals surface area contributed by atoms with Gasteiger partial charge in [0, 0.05) is 31.2 Å². The molecule has 0 unspecified atom stereocenters. The minimum atomic E-state index is -0.349. The average molecular weight is 419 g/mol. The van der Waals surface area contributed by atoms with Crippen LogP contribution in [0.15, 0.2) is 46.9 Å². The van der Waals surface area contributed by atoms with Gasteiger partial charge >= 0.3 is 5.97 Å². The number of ether oxygens (including phenoxy) is 1. The number of carbonyl (C=O) groups excluding carboxylic acids is 2. The second kappa shape index (κ2) is 8.06. The molecule has 7 heteroatoms. The van der Waals surface area contributed by atoms with Crippen LogP contribution in [-0.4, -0.2) is 43.6 Å². The summed E-state index contributed by atoms with van der Waals surface area (Å²) < 4.78 is 10.8. The monoisotopic (exact) mass is 419 g/mol. The molecule has 2 aromatic carbocycles. The lowest BCUT2D eigenvalue weighted by atomic mass is 9.91. The van der Waals surface area contributed by atoms with Crippen molar-refractivity contribution in [3.63, 3.8) is 0 Å². The summed E-state index contributed by atoms with van der Waals surface area (Å²) in [6.07, 6.45) is 3.12. The SMILES string of the molecule is COC(=O)c1cccc2c1CCCN2C(=O)C1CCN(c2nc3ccccc3o2)CC1. The van der Waals surface area contributed by atoms with Crippen LogP contribution in [0.1, 0.15) is 35.2 Å². The van der Waals surface area contributed by atoms with Gasteiger partial charge in [-0.3, -0.25) is 4.79 Å². The number of fused-ring (bicyclic) bond motifs is 2. The van der Waals surface area contributed by atoms with Crippen molar-refractivity contribution in [3.05, 3.63) is 53.6 Å². The maximum Gasteiger partial charge on any atom is 0.338 e. The molecular formula is C24H25N3O4. The van der Waals surface area contributed by atoms with Crippen LogP contribution in [0, 0.1) is 5.92 Å². The Bertz CT molecular complexity index is 1100. The minimum Gasteiger partial charge on any atom is -0.465 e. The highest BCUT2D eigenvalue weighted by Gasteiger charge is 2.33. The van der Waals surface area contributed by atoms with Crippen LogP contribution in [0.25, 0.3) is 11.1 Å². The van der Waals surface area contributed by atoms with Gasteiger partial charge in [0.1, 0.15) is 5.52 Å². The van der Waals surface area contributed by atoms with Crippen molar-refractivity contribution < 1.29 is 18.7 Å². The van der Waals surface area contributed by atoms with E-state index in [9.17, 15) is 9.59 Å². The first kappa shape index (κ1) is 19.6. The molecule has 0 atom stereocenters. The maximum absolute atomic E-state index is 13.4. The molecule has 7 nitrogen and oxygen atoms in total. The van der Waals surface area contributed by atoms with Crippen LogP contribution in [0.4, 0.5) is 11.7 Å². The Kier molecular flexibility index (Phi) is 5.10. The summed E-state index contributed by atoms with van der Waals surface area (Å²) in [7, 11) is 1.39. The Hall–Kier alpha value is -3.35. The van der Waals surface area contributed by atoms with Crippen LogP contribution < -0.4 is 9.80 Å². The molecule has 0 saturated carbocycles. The third-order valence-corrected chi connectivity index (χ3v) is 6.32. The van der Waals surface area contributed by atoms with E-state index < -0.39 is 0 Å². The number of para-hydroxylation sites is 2. The highest BCUT2D eigenvalue weighted by Crippen LogP contribution is 2.33. The number of hydrogen-bond donors (Lipinski definition) is 0. The summed E-state index contributed by atoms with van der Waals surface area (Å²) in [6, 6.07) is 13.9. The summed E-state index contributed by atoms with van der Waals surface area (Å²) >= 11 is 0. The third-order valence-electron chi connectivity index (χ3n) is 6.32. The van der Waals surface area contributed by atoms with Crippen LogP contribution in [0.3, 0.4) is 0 Å². The molecule has 5 rings (SSSR count). The molecular weight excluding hydrogens is 394 g/mol. The van der Waals surface area contributed by atoms with Crippen LogP contribution in [0.2, 0.25) is 0 Å². The van der Waals surface area contributed by atoms with Gasteiger partial charge in [0.25, 0.3) is 6.01 Å². The Labute approximate surface area is 180 Å². The predicted molar refractivity (Wildman–Crippen MR) is 117 cm³/mol. The Morgan fingerprint density at radius 3 is 2.65 bits per heavy atom. The Morgan fingerprint density at radius 1 is 1.06 bits per heavy atom. The van der Waals surface area contributed by atoms with E-state index in [-0.39, 0.29) is 17.8 Å². The number of aromatic nitrogens is 1. The number of oxazole rings is 1. The molecule has 3 heterocycles. The molecule has 2 aliphatic rings. The van der Waals surface area contributed by atoms with Gasteiger partial charge in [0.2, 0.25) is 5.91 Å². The first-order valence-corrected chi connectivity index (χ1v) is 10.8. The lowest BCUT2D eigenvalue weighted by Gasteiger charge is -2.36. The normalized spacial score (nSPS) is 16.9. The number of piperidine rings is 1. The summed E-state index contributed by atoms with van der Waals surface area (Å²) in [5.41, 5.74) is 3.95. The first-order chi connectivity index (χ1) is 15.2. The molecule has 1 aromatic heterocycles. The summed E-state index contributed by atoms with van der Waals surface area (Å²) in [5, 5.41) is 0. The molecule has 1 fully saturated rings. The Balaban J connectivity index is 1.31. The van der Waals surface area contributed by atoms with E-state index in [0.29, 0.717) is 18.1 Å². The van der Waals surface area contributed by atoms with Crippen molar-refractivity contribution in [2.45, 2.75) is 25.7 Å². The van der Waals surface area contributed by atoms with E-state index >= 15 is 0 Å². The van der Waals surface area contributed by atoms with Gasteiger partial charge < -0.3 is 19.0 Å². The van der Waals surface area contributed by atoms with Crippen molar-refractivity contribution in [1.82, 2.24) is 4.98 Å². The number of anilines is 2. The number of methoxy groups -OCH3 is 1. The van der Waals surface area contributed by atoms with Gasteiger partial charge in [-0.25, -0.2) is 4.79 Å². The van der Waals surface area contributed by atoms with Crippen LogP contribution >= 0.6 is 0 Å². The zero-order valence-corrected chi connectivity index (χ0v) is 17.5. The topological polar surface area (TPSA) is 75.9 Å². The van der Waals surface area contributed by atoms with Crippen molar-refractivity contribution in [2.24, 2.45) is 5.92 Å². The standard InChI is InChI=1S/C24H25N3O4/c1-30-23(29)18-6-4-9-20-17(18)7-5-13-27(20)22(28)16-11-14-26(15-12-16)24-25-19-8-2-3-10-21(19)31-24/h2-4,6,8-10,16H,5,7,11-15H2,1H3. The number of nitrogens with zero attached hydrogens (tertiary/aromatic N) is 3. The minimum absolute atomic E-state index is 0.0478. The highest BCUT2D eigenvalue weighted by molar-refractivity contribution is 5.99. The smallest absolute Gasteiger partial charge is 0.338 e. The molecule has 0 spiro atoms. The fraction of sp³-hybridized carbons (Fsp3) is 0.375. The second-order valence-electron chi connectivity index (χ2n) is 8.11. The lowest BCUT2D eigenvalue weighted by Crippen LogP contribution is -2.44. The maximum atomic E-state index is 13.4. The number of esters is 1. The predicted octanol–water partition coefficient (Wildman–Crippen LogP) is 3.81. The van der Waals surface area contributed by atoms with Crippen molar-refractivity contribution in [3.8, 4) is 0 Å². The summed E-state index contributed by atoms with van der Waals surface area (Å²) in [5.74, 6) is -0.258. The number of hydrogen-bond acceptors (Lipinski definition) is 6. The van der Waals surface area contributed by atoms with Gasteiger partial charge in [-0.2, -0.15) is 4.98 Å². The summed E-state index contributed by atoms with van der Waals surface area (Å²) in [4.78, 5) is 34.1. The molecule has 2 aliphatic heterocycles. The molecule has 160 valence electrons. The number of benzene rings is 2. The molecule has 1 saturated heterocycles. The first-order valence-electron chi connectivity index (χ1n) is 10.8. The van der Waals surface area contributed by atoms with E-state index in [4.69, 9.17) is 9.15 Å².